The van der Waals surface area contributed by atoms with Crippen LogP contribution in [0.15, 0.2) is 52.9 Å². The largest absolute Gasteiger partial charge is 0.421 e. The Labute approximate surface area is 177 Å². The van der Waals surface area contributed by atoms with Gasteiger partial charge in [-0.05, 0) is 61.3 Å². The number of carbonyl (C=O) groups excluding carboxylic acids is 1. The maximum atomic E-state index is 12.5. The summed E-state index contributed by atoms with van der Waals surface area (Å²) >= 11 is 0. The number of hydrogen-bond acceptors (Lipinski definition) is 5. The van der Waals surface area contributed by atoms with Gasteiger partial charge in [0.25, 0.3) is 5.91 Å². The van der Waals surface area contributed by atoms with Crippen LogP contribution in [0.2, 0.25) is 0 Å². The molecular formula is C24H28N4O2. The maximum Gasteiger partial charge on any atom is 0.251 e. The molecule has 6 nitrogen and oxygen atoms in total. The van der Waals surface area contributed by atoms with Gasteiger partial charge < -0.3 is 9.73 Å². The van der Waals surface area contributed by atoms with E-state index in [4.69, 9.17) is 4.42 Å². The zero-order valence-corrected chi connectivity index (χ0v) is 17.4. The van der Waals surface area contributed by atoms with Crippen molar-refractivity contribution in [2.45, 2.75) is 45.7 Å². The standard InChI is InChI=1S/C24H28N4O2/c1-18-26-27-24(30-18)22-12-10-21(11-13-22)23(29)25-16-19-6-8-20(9-7-19)17-28-14-4-2-3-5-15-28/h6-13H,2-5,14-17H2,1H3,(H,25,29). The fourth-order valence-corrected chi connectivity index (χ4v) is 3.78. The Hall–Kier alpha value is -2.99. The molecule has 156 valence electrons. The molecule has 1 aliphatic rings. The number of nitrogens with zero attached hydrogens (tertiary/aromatic N) is 3. The third-order valence-electron chi connectivity index (χ3n) is 5.50. The number of carbonyl (C=O) groups is 1. The normalized spacial score (nSPS) is 15.0. The number of amides is 1. The van der Waals surface area contributed by atoms with Crippen LogP contribution in [0, 0.1) is 6.92 Å². The SMILES string of the molecule is Cc1nnc(-c2ccc(C(=O)NCc3ccc(CN4CCCCCC4)cc3)cc2)o1. The summed E-state index contributed by atoms with van der Waals surface area (Å²) in [7, 11) is 0. The van der Waals surface area contributed by atoms with Crippen LogP contribution in [0.4, 0.5) is 0 Å². The molecule has 0 bridgehead atoms. The second kappa shape index (κ2) is 9.67. The van der Waals surface area contributed by atoms with Gasteiger partial charge in [-0.15, -0.1) is 10.2 Å². The molecule has 30 heavy (non-hydrogen) atoms. The van der Waals surface area contributed by atoms with E-state index in [1.165, 1.54) is 44.3 Å². The van der Waals surface area contributed by atoms with Crippen molar-refractivity contribution >= 4 is 5.91 Å². The van der Waals surface area contributed by atoms with Crippen molar-refractivity contribution in [2.75, 3.05) is 13.1 Å². The van der Waals surface area contributed by atoms with Gasteiger partial charge in [0.15, 0.2) is 0 Å². The van der Waals surface area contributed by atoms with Crippen molar-refractivity contribution in [3.8, 4) is 11.5 Å². The van der Waals surface area contributed by atoms with Gasteiger partial charge in [0.05, 0.1) is 0 Å². The molecular weight excluding hydrogens is 376 g/mol. The molecule has 3 aromatic rings. The number of aryl methyl sites for hydroxylation is 1. The van der Waals surface area contributed by atoms with E-state index in [2.05, 4.69) is 44.7 Å². The van der Waals surface area contributed by atoms with Crippen LogP contribution >= 0.6 is 0 Å². The Morgan fingerprint density at radius 2 is 1.60 bits per heavy atom. The molecule has 4 rings (SSSR count). The van der Waals surface area contributed by atoms with Crippen molar-refractivity contribution in [3.05, 3.63) is 71.1 Å². The van der Waals surface area contributed by atoms with Crippen LogP contribution < -0.4 is 5.32 Å². The van der Waals surface area contributed by atoms with E-state index in [0.29, 0.717) is 23.9 Å². The first-order valence-electron chi connectivity index (χ1n) is 10.7. The summed E-state index contributed by atoms with van der Waals surface area (Å²) in [5.74, 6) is 0.876. The molecule has 6 heteroatoms. The molecule has 0 unspecified atom stereocenters. The van der Waals surface area contributed by atoms with Crippen LogP contribution in [0.3, 0.4) is 0 Å². The van der Waals surface area contributed by atoms with E-state index in [1.807, 2.05) is 12.1 Å². The van der Waals surface area contributed by atoms with Gasteiger partial charge in [-0.2, -0.15) is 0 Å². The highest BCUT2D eigenvalue weighted by Crippen LogP contribution is 2.18. The van der Waals surface area contributed by atoms with Crippen LogP contribution in [0.5, 0.6) is 0 Å². The number of benzene rings is 2. The molecule has 0 aliphatic carbocycles. The Kier molecular flexibility index (Phi) is 6.54. The second-order valence-corrected chi connectivity index (χ2v) is 7.89. The van der Waals surface area contributed by atoms with E-state index >= 15 is 0 Å². The minimum absolute atomic E-state index is 0.100. The van der Waals surface area contributed by atoms with Gasteiger partial charge >= 0.3 is 0 Å². The van der Waals surface area contributed by atoms with E-state index in [1.54, 1.807) is 19.1 Å². The van der Waals surface area contributed by atoms with E-state index in [0.717, 1.165) is 17.7 Å². The minimum Gasteiger partial charge on any atom is -0.421 e. The van der Waals surface area contributed by atoms with Crippen molar-refractivity contribution in [1.29, 1.82) is 0 Å². The number of aromatic nitrogens is 2. The fraction of sp³-hybridized carbons (Fsp3) is 0.375. The highest BCUT2D eigenvalue weighted by atomic mass is 16.4. The van der Waals surface area contributed by atoms with E-state index in [9.17, 15) is 4.79 Å². The smallest absolute Gasteiger partial charge is 0.251 e. The van der Waals surface area contributed by atoms with Crippen LogP contribution in [-0.4, -0.2) is 34.1 Å². The Morgan fingerprint density at radius 3 is 2.23 bits per heavy atom. The zero-order chi connectivity index (χ0) is 20.8. The lowest BCUT2D eigenvalue weighted by Gasteiger charge is -2.19. The summed E-state index contributed by atoms with van der Waals surface area (Å²) in [6.07, 6.45) is 5.32. The minimum atomic E-state index is -0.100. The summed E-state index contributed by atoms with van der Waals surface area (Å²) in [6.45, 7) is 5.66. The summed E-state index contributed by atoms with van der Waals surface area (Å²) < 4.78 is 5.41. The summed E-state index contributed by atoms with van der Waals surface area (Å²) in [5, 5.41) is 10.8. The van der Waals surface area contributed by atoms with Gasteiger partial charge in [-0.3, -0.25) is 9.69 Å². The van der Waals surface area contributed by atoms with Crippen molar-refractivity contribution in [1.82, 2.24) is 20.4 Å². The molecule has 1 amide bonds. The Balaban J connectivity index is 1.29. The summed E-state index contributed by atoms with van der Waals surface area (Å²) in [6, 6.07) is 15.7. The molecule has 2 aromatic carbocycles. The third kappa shape index (κ3) is 5.33. The highest BCUT2D eigenvalue weighted by molar-refractivity contribution is 5.94. The molecule has 2 heterocycles. The number of nitrogens with one attached hydrogen (secondary N) is 1. The van der Waals surface area contributed by atoms with E-state index in [-0.39, 0.29) is 5.91 Å². The van der Waals surface area contributed by atoms with Gasteiger partial charge in [0.1, 0.15) is 0 Å². The number of hydrogen-bond donors (Lipinski definition) is 1. The lowest BCUT2D eigenvalue weighted by Crippen LogP contribution is -2.24. The fourth-order valence-electron chi connectivity index (χ4n) is 3.78. The molecule has 0 spiro atoms. The van der Waals surface area contributed by atoms with Crippen LogP contribution in [-0.2, 0) is 13.1 Å². The number of likely N-dealkylation sites (tertiary alicyclic amines) is 1. The highest BCUT2D eigenvalue weighted by Gasteiger charge is 2.11. The maximum absolute atomic E-state index is 12.5. The molecule has 0 atom stereocenters. The van der Waals surface area contributed by atoms with Gasteiger partial charge in [0.2, 0.25) is 11.8 Å². The molecule has 1 saturated heterocycles. The van der Waals surface area contributed by atoms with Gasteiger partial charge in [0, 0.05) is 31.1 Å². The van der Waals surface area contributed by atoms with Crippen LogP contribution in [0.25, 0.3) is 11.5 Å². The van der Waals surface area contributed by atoms with Crippen molar-refractivity contribution < 1.29 is 9.21 Å². The quantitative estimate of drug-likeness (QED) is 0.661. The Morgan fingerprint density at radius 1 is 0.933 bits per heavy atom. The predicted molar refractivity (Wildman–Crippen MR) is 116 cm³/mol. The third-order valence-corrected chi connectivity index (χ3v) is 5.50. The van der Waals surface area contributed by atoms with Crippen molar-refractivity contribution in [3.63, 3.8) is 0 Å². The average Bonchev–Trinajstić information content (AvgIpc) is 3.05. The predicted octanol–water partition coefficient (Wildman–Crippen LogP) is 4.35. The van der Waals surface area contributed by atoms with Crippen molar-refractivity contribution in [2.24, 2.45) is 0 Å². The topological polar surface area (TPSA) is 71.3 Å². The Bertz CT molecular complexity index is 956. The molecule has 1 aliphatic heterocycles. The first kappa shape index (κ1) is 20.3. The molecule has 1 fully saturated rings. The molecule has 0 radical (unpaired) electrons. The summed E-state index contributed by atoms with van der Waals surface area (Å²) in [4.78, 5) is 15.0. The first-order chi connectivity index (χ1) is 14.7. The molecule has 1 aromatic heterocycles. The lowest BCUT2D eigenvalue weighted by molar-refractivity contribution is 0.0951. The monoisotopic (exact) mass is 404 g/mol. The average molecular weight is 405 g/mol. The van der Waals surface area contributed by atoms with Gasteiger partial charge in [-0.1, -0.05) is 37.1 Å². The van der Waals surface area contributed by atoms with E-state index < -0.39 is 0 Å². The van der Waals surface area contributed by atoms with Gasteiger partial charge in [-0.25, -0.2) is 0 Å². The lowest BCUT2D eigenvalue weighted by atomic mass is 10.1. The molecule has 1 N–H and O–H groups in total. The van der Waals surface area contributed by atoms with Crippen LogP contribution in [0.1, 0.15) is 53.1 Å². The first-order valence-corrected chi connectivity index (χ1v) is 10.7. The zero-order valence-electron chi connectivity index (χ0n) is 17.4. The summed E-state index contributed by atoms with van der Waals surface area (Å²) in [5.41, 5.74) is 3.83. The number of rotatable bonds is 6. The molecule has 0 saturated carbocycles. The second-order valence-electron chi connectivity index (χ2n) is 7.89.